The molecule has 1 atom stereocenters. The van der Waals surface area contributed by atoms with Crippen LogP contribution in [0.2, 0.25) is 0 Å². The van der Waals surface area contributed by atoms with E-state index in [-0.39, 0.29) is 5.78 Å². The average Bonchev–Trinajstić information content (AvgIpc) is 2.49. The normalized spacial score (nSPS) is 18.6. The molecule has 74 valence electrons. The summed E-state index contributed by atoms with van der Waals surface area (Å²) in [6.07, 6.45) is 2.43. The third kappa shape index (κ3) is 3.57. The van der Waals surface area contributed by atoms with Gasteiger partial charge in [0, 0.05) is 31.8 Å². The molecule has 0 saturated heterocycles. The summed E-state index contributed by atoms with van der Waals surface area (Å²) >= 11 is 0. The highest BCUT2D eigenvalue weighted by Crippen LogP contribution is 2.11. The number of ether oxygens (including phenoxy) is 1. The SMILES string of the molecule is COCC(O)CNC1=CC(=O)CC1. The summed E-state index contributed by atoms with van der Waals surface area (Å²) in [5.74, 6) is 0.156. The molecule has 0 fully saturated rings. The fourth-order valence-corrected chi connectivity index (χ4v) is 1.24. The standard InChI is InChI=1S/C9H15NO3/c1-13-6-9(12)5-10-7-2-3-8(11)4-7/h4,9-10,12H,2-3,5-6H2,1H3. The Morgan fingerprint density at radius 3 is 3.00 bits per heavy atom. The molecule has 0 bridgehead atoms. The Morgan fingerprint density at radius 1 is 1.69 bits per heavy atom. The number of carbonyl (C=O) groups excluding carboxylic acids is 1. The van der Waals surface area contributed by atoms with E-state index in [0.29, 0.717) is 19.6 Å². The Morgan fingerprint density at radius 2 is 2.46 bits per heavy atom. The van der Waals surface area contributed by atoms with Gasteiger partial charge in [0.15, 0.2) is 5.78 Å². The predicted octanol–water partition coefficient (Wildman–Crippen LogP) is -0.170. The fraction of sp³-hybridized carbons (Fsp3) is 0.667. The Balaban J connectivity index is 2.19. The zero-order valence-electron chi connectivity index (χ0n) is 7.75. The van der Waals surface area contributed by atoms with E-state index in [9.17, 15) is 9.90 Å². The zero-order chi connectivity index (χ0) is 9.68. The highest BCUT2D eigenvalue weighted by Gasteiger charge is 2.12. The van der Waals surface area contributed by atoms with E-state index >= 15 is 0 Å². The molecule has 1 aliphatic carbocycles. The summed E-state index contributed by atoms with van der Waals surface area (Å²) in [6.45, 7) is 0.751. The first-order valence-electron chi connectivity index (χ1n) is 4.36. The first-order chi connectivity index (χ1) is 6.22. The van der Waals surface area contributed by atoms with Crippen LogP contribution in [0.15, 0.2) is 11.8 Å². The van der Waals surface area contributed by atoms with Gasteiger partial charge in [-0.2, -0.15) is 0 Å². The number of hydrogen-bond donors (Lipinski definition) is 2. The lowest BCUT2D eigenvalue weighted by atomic mass is 10.3. The molecule has 0 radical (unpaired) electrons. The van der Waals surface area contributed by atoms with Crippen molar-refractivity contribution in [3.8, 4) is 0 Å². The summed E-state index contributed by atoms with van der Waals surface area (Å²) in [6, 6.07) is 0. The van der Waals surface area contributed by atoms with Crippen LogP contribution in [0.1, 0.15) is 12.8 Å². The predicted molar refractivity (Wildman–Crippen MR) is 48.2 cm³/mol. The number of ketones is 1. The second-order valence-electron chi connectivity index (χ2n) is 3.13. The molecule has 0 aromatic heterocycles. The Bertz CT molecular complexity index is 213. The van der Waals surface area contributed by atoms with Crippen LogP contribution in [0.3, 0.4) is 0 Å². The molecule has 1 unspecified atom stereocenters. The molecule has 0 heterocycles. The van der Waals surface area contributed by atoms with E-state index in [1.165, 1.54) is 0 Å². The minimum Gasteiger partial charge on any atom is -0.389 e. The van der Waals surface area contributed by atoms with Crippen LogP contribution in [0.25, 0.3) is 0 Å². The lowest BCUT2D eigenvalue weighted by Gasteiger charge is -2.11. The topological polar surface area (TPSA) is 58.6 Å². The van der Waals surface area contributed by atoms with Crippen molar-refractivity contribution >= 4 is 5.78 Å². The molecule has 0 spiro atoms. The van der Waals surface area contributed by atoms with Crippen molar-refractivity contribution in [2.75, 3.05) is 20.3 Å². The van der Waals surface area contributed by atoms with Crippen molar-refractivity contribution in [3.05, 3.63) is 11.8 Å². The molecular formula is C9H15NO3. The average molecular weight is 185 g/mol. The lowest BCUT2D eigenvalue weighted by molar-refractivity contribution is -0.114. The monoisotopic (exact) mass is 185 g/mol. The molecular weight excluding hydrogens is 170 g/mol. The number of rotatable bonds is 5. The maximum Gasteiger partial charge on any atom is 0.157 e. The van der Waals surface area contributed by atoms with E-state index in [0.717, 1.165) is 12.1 Å². The van der Waals surface area contributed by atoms with Crippen molar-refractivity contribution in [1.82, 2.24) is 5.32 Å². The van der Waals surface area contributed by atoms with Gasteiger partial charge < -0.3 is 15.2 Å². The number of aliphatic hydroxyl groups excluding tert-OH is 1. The molecule has 0 aromatic rings. The summed E-state index contributed by atoms with van der Waals surface area (Å²) in [7, 11) is 1.54. The molecule has 0 aromatic carbocycles. The Kier molecular flexibility index (Phi) is 3.92. The van der Waals surface area contributed by atoms with Gasteiger partial charge in [0.05, 0.1) is 12.7 Å². The number of aliphatic hydroxyl groups is 1. The molecule has 1 aliphatic rings. The maximum atomic E-state index is 10.8. The van der Waals surface area contributed by atoms with E-state index in [4.69, 9.17) is 4.74 Å². The third-order valence-corrected chi connectivity index (χ3v) is 1.90. The van der Waals surface area contributed by atoms with E-state index in [2.05, 4.69) is 5.32 Å². The van der Waals surface area contributed by atoms with Crippen LogP contribution in [-0.2, 0) is 9.53 Å². The smallest absolute Gasteiger partial charge is 0.157 e. The first kappa shape index (κ1) is 10.2. The second kappa shape index (κ2) is 4.99. The molecule has 1 rings (SSSR count). The quantitative estimate of drug-likeness (QED) is 0.624. The lowest BCUT2D eigenvalue weighted by Crippen LogP contribution is -2.29. The number of hydrogen-bond acceptors (Lipinski definition) is 4. The van der Waals surface area contributed by atoms with E-state index in [1.807, 2.05) is 0 Å². The van der Waals surface area contributed by atoms with Crippen molar-refractivity contribution in [3.63, 3.8) is 0 Å². The minimum absolute atomic E-state index is 0.156. The van der Waals surface area contributed by atoms with E-state index < -0.39 is 6.10 Å². The Labute approximate surface area is 77.6 Å². The van der Waals surface area contributed by atoms with Crippen molar-refractivity contribution < 1.29 is 14.6 Å². The highest BCUT2D eigenvalue weighted by atomic mass is 16.5. The van der Waals surface area contributed by atoms with Crippen LogP contribution in [0.4, 0.5) is 0 Å². The van der Waals surface area contributed by atoms with E-state index in [1.54, 1.807) is 13.2 Å². The molecule has 4 nitrogen and oxygen atoms in total. The first-order valence-corrected chi connectivity index (χ1v) is 4.36. The number of carbonyl (C=O) groups is 1. The number of nitrogens with one attached hydrogen (secondary N) is 1. The van der Waals surface area contributed by atoms with Crippen molar-refractivity contribution in [1.29, 1.82) is 0 Å². The molecule has 2 N–H and O–H groups in total. The van der Waals surface area contributed by atoms with Gasteiger partial charge in [-0.05, 0) is 6.42 Å². The fourth-order valence-electron chi connectivity index (χ4n) is 1.24. The Hall–Kier alpha value is -0.870. The van der Waals surface area contributed by atoms with Gasteiger partial charge in [0.2, 0.25) is 0 Å². The van der Waals surface area contributed by atoms with Crippen LogP contribution in [-0.4, -0.2) is 37.3 Å². The van der Waals surface area contributed by atoms with Gasteiger partial charge in [0.1, 0.15) is 0 Å². The second-order valence-corrected chi connectivity index (χ2v) is 3.13. The third-order valence-electron chi connectivity index (χ3n) is 1.90. The van der Waals surface area contributed by atoms with Crippen LogP contribution in [0.5, 0.6) is 0 Å². The maximum absolute atomic E-state index is 10.8. The summed E-state index contributed by atoms with van der Waals surface area (Å²) in [4.78, 5) is 10.8. The zero-order valence-corrected chi connectivity index (χ0v) is 7.75. The number of methoxy groups -OCH3 is 1. The summed E-state index contributed by atoms with van der Waals surface area (Å²) in [5, 5.41) is 12.3. The summed E-state index contributed by atoms with van der Waals surface area (Å²) in [5.41, 5.74) is 0.917. The van der Waals surface area contributed by atoms with Gasteiger partial charge in [0.25, 0.3) is 0 Å². The molecule has 0 aliphatic heterocycles. The van der Waals surface area contributed by atoms with Crippen LogP contribution in [0, 0.1) is 0 Å². The minimum atomic E-state index is -0.512. The van der Waals surface area contributed by atoms with Gasteiger partial charge in [-0.15, -0.1) is 0 Å². The summed E-state index contributed by atoms with van der Waals surface area (Å²) < 4.78 is 4.76. The van der Waals surface area contributed by atoms with Crippen molar-refractivity contribution in [2.24, 2.45) is 0 Å². The van der Waals surface area contributed by atoms with Gasteiger partial charge >= 0.3 is 0 Å². The van der Waals surface area contributed by atoms with Gasteiger partial charge in [-0.1, -0.05) is 0 Å². The number of allylic oxidation sites excluding steroid dienone is 2. The van der Waals surface area contributed by atoms with Crippen molar-refractivity contribution in [2.45, 2.75) is 18.9 Å². The molecule has 13 heavy (non-hydrogen) atoms. The largest absolute Gasteiger partial charge is 0.389 e. The van der Waals surface area contributed by atoms with Gasteiger partial charge in [-0.25, -0.2) is 0 Å². The highest BCUT2D eigenvalue weighted by molar-refractivity contribution is 5.92. The molecule has 0 amide bonds. The van der Waals surface area contributed by atoms with Crippen LogP contribution < -0.4 is 5.32 Å². The molecule has 4 heteroatoms. The van der Waals surface area contributed by atoms with Gasteiger partial charge in [-0.3, -0.25) is 4.79 Å². The molecule has 0 saturated carbocycles. The van der Waals surface area contributed by atoms with Crippen LogP contribution >= 0.6 is 0 Å².